The topological polar surface area (TPSA) is 77.8 Å². The van der Waals surface area contributed by atoms with Crippen molar-refractivity contribution in [1.82, 2.24) is 0 Å². The number of phenolic OH excluding ortho intramolecular Hbond substituents is 1. The van der Waals surface area contributed by atoms with Crippen molar-refractivity contribution in [2.45, 2.75) is 13.0 Å². The summed E-state index contributed by atoms with van der Waals surface area (Å²) in [5.41, 5.74) is 0.402. The molecule has 0 spiro atoms. The molecule has 1 aromatic carbocycles. The largest absolute Gasteiger partial charge is 0.508 e. The monoisotopic (exact) mass is 348 g/mol. The van der Waals surface area contributed by atoms with Crippen LogP contribution in [0.15, 0.2) is 30.4 Å². The Kier molecular flexibility index (Phi) is 4.95. The Balaban J connectivity index is 2.91. The first-order valence-electron chi connectivity index (χ1n) is 4.99. The van der Waals surface area contributed by atoms with E-state index >= 15 is 0 Å². The van der Waals surface area contributed by atoms with Gasteiger partial charge in [0.1, 0.15) is 5.75 Å². The molecule has 1 aromatic rings. The van der Waals surface area contributed by atoms with Crippen molar-refractivity contribution >= 4 is 28.6 Å². The number of aromatic hydroxyl groups is 1. The van der Waals surface area contributed by atoms with E-state index in [4.69, 9.17) is 5.11 Å². The summed E-state index contributed by atoms with van der Waals surface area (Å²) in [6.07, 6.45) is 1.45. The molecule has 0 saturated carbocycles. The number of aliphatic hydroxyl groups is 1. The van der Waals surface area contributed by atoms with Crippen LogP contribution < -0.4 is 0 Å². The van der Waals surface area contributed by atoms with Gasteiger partial charge in [-0.25, -0.2) is 4.79 Å². The molecule has 0 fully saturated rings. The van der Waals surface area contributed by atoms with Crippen molar-refractivity contribution in [3.05, 3.63) is 39.5 Å². The number of halogens is 1. The number of aliphatic carboxylic acids is 1. The highest BCUT2D eigenvalue weighted by molar-refractivity contribution is 14.1. The molecule has 3 N–H and O–H groups in total. The zero-order valence-electron chi connectivity index (χ0n) is 9.17. The summed E-state index contributed by atoms with van der Waals surface area (Å²) in [5, 5.41) is 28.1. The Morgan fingerprint density at radius 2 is 2.12 bits per heavy atom. The lowest BCUT2D eigenvalue weighted by atomic mass is 9.96. The molecular weight excluding hydrogens is 335 g/mol. The van der Waals surface area contributed by atoms with Gasteiger partial charge in [-0.2, -0.15) is 0 Å². The molecule has 1 rings (SSSR count). The summed E-state index contributed by atoms with van der Waals surface area (Å²) < 4.78 is 0.892. The van der Waals surface area contributed by atoms with E-state index in [0.29, 0.717) is 5.56 Å². The fourth-order valence-corrected chi connectivity index (χ4v) is 1.90. The second kappa shape index (κ2) is 6.02. The zero-order valence-corrected chi connectivity index (χ0v) is 11.3. The van der Waals surface area contributed by atoms with E-state index in [-0.39, 0.29) is 5.75 Å². The molecule has 5 heteroatoms. The van der Waals surface area contributed by atoms with Crippen LogP contribution in [0.4, 0.5) is 0 Å². The smallest absolute Gasteiger partial charge is 0.327 e. The lowest BCUT2D eigenvalue weighted by molar-refractivity contribution is -0.131. The van der Waals surface area contributed by atoms with E-state index in [1.807, 2.05) is 0 Å². The van der Waals surface area contributed by atoms with Crippen LogP contribution in [-0.4, -0.2) is 21.3 Å². The van der Waals surface area contributed by atoms with Gasteiger partial charge < -0.3 is 15.3 Å². The van der Waals surface area contributed by atoms with Crippen molar-refractivity contribution in [2.75, 3.05) is 0 Å². The molecule has 4 nitrogen and oxygen atoms in total. The lowest BCUT2D eigenvalue weighted by Gasteiger charge is -2.17. The van der Waals surface area contributed by atoms with Gasteiger partial charge in [0, 0.05) is 21.1 Å². The number of aliphatic hydroxyl groups excluding tert-OH is 1. The van der Waals surface area contributed by atoms with E-state index in [9.17, 15) is 15.0 Å². The Morgan fingerprint density at radius 1 is 1.47 bits per heavy atom. The molecule has 0 bridgehead atoms. The Hall–Kier alpha value is -1.08. The Morgan fingerprint density at radius 3 is 2.71 bits per heavy atom. The van der Waals surface area contributed by atoms with Crippen LogP contribution in [0, 0.1) is 9.49 Å². The van der Waals surface area contributed by atoms with E-state index in [1.165, 1.54) is 12.1 Å². The maximum absolute atomic E-state index is 10.4. The van der Waals surface area contributed by atoms with Crippen LogP contribution in [0.2, 0.25) is 0 Å². The molecule has 0 heterocycles. The van der Waals surface area contributed by atoms with E-state index in [2.05, 4.69) is 22.6 Å². The molecule has 0 aliphatic carbocycles. The van der Waals surface area contributed by atoms with Crippen molar-refractivity contribution in [3.63, 3.8) is 0 Å². The van der Waals surface area contributed by atoms with Crippen molar-refractivity contribution in [2.24, 2.45) is 5.92 Å². The minimum atomic E-state index is -1.06. The van der Waals surface area contributed by atoms with Crippen LogP contribution in [0.1, 0.15) is 18.6 Å². The van der Waals surface area contributed by atoms with Crippen LogP contribution >= 0.6 is 22.6 Å². The number of carboxylic acids is 1. The van der Waals surface area contributed by atoms with Crippen molar-refractivity contribution < 1.29 is 20.1 Å². The molecule has 2 atom stereocenters. The van der Waals surface area contributed by atoms with Crippen molar-refractivity contribution in [1.29, 1.82) is 0 Å². The number of phenols is 1. The third-order valence-electron chi connectivity index (χ3n) is 2.35. The van der Waals surface area contributed by atoms with Gasteiger partial charge in [0.15, 0.2) is 0 Å². The van der Waals surface area contributed by atoms with Crippen LogP contribution in [0.5, 0.6) is 5.75 Å². The molecule has 0 aliphatic rings. The normalized spacial score (nSPS) is 14.8. The van der Waals surface area contributed by atoms with E-state index in [1.54, 1.807) is 19.1 Å². The molecule has 17 heavy (non-hydrogen) atoms. The maximum atomic E-state index is 10.4. The first-order chi connectivity index (χ1) is 7.91. The number of hydrogen-bond acceptors (Lipinski definition) is 3. The average molecular weight is 348 g/mol. The summed E-state index contributed by atoms with van der Waals surface area (Å²) in [7, 11) is 0. The third kappa shape index (κ3) is 4.01. The summed E-state index contributed by atoms with van der Waals surface area (Å²) in [6.45, 7) is 1.68. The highest BCUT2D eigenvalue weighted by atomic mass is 127. The summed E-state index contributed by atoms with van der Waals surface area (Å²) in [5.74, 6) is -1.44. The molecule has 0 radical (unpaired) electrons. The van der Waals surface area contributed by atoms with Crippen LogP contribution in [0.3, 0.4) is 0 Å². The van der Waals surface area contributed by atoms with Gasteiger partial charge in [-0.3, -0.25) is 0 Å². The number of carboxylic acid groups (broad SMARTS) is 1. The van der Waals surface area contributed by atoms with Crippen LogP contribution in [-0.2, 0) is 4.79 Å². The average Bonchev–Trinajstić information content (AvgIpc) is 2.28. The van der Waals surface area contributed by atoms with Gasteiger partial charge in [-0.1, -0.05) is 13.0 Å². The predicted octanol–water partition coefficient (Wildman–Crippen LogP) is 2.31. The standard InChI is InChI=1S/C12H13IO4/c1-7(2-5-11(15)16)12(17)9-6-8(13)3-4-10(9)14/h2-7,12,14,17H,1H3,(H,15,16)/b5-2+/t7-,12+/m1/s1. The first-order valence-corrected chi connectivity index (χ1v) is 6.07. The molecule has 92 valence electrons. The van der Waals surface area contributed by atoms with Gasteiger partial charge in [0.2, 0.25) is 0 Å². The molecule has 0 aromatic heterocycles. The number of rotatable bonds is 4. The zero-order chi connectivity index (χ0) is 13.0. The van der Waals surface area contributed by atoms with Gasteiger partial charge in [-0.05, 0) is 40.8 Å². The molecule has 0 saturated heterocycles. The first kappa shape index (κ1) is 14.0. The fraction of sp³-hybridized carbons (Fsp3) is 0.250. The molecular formula is C12H13IO4. The minimum absolute atomic E-state index is 0.00786. The van der Waals surface area contributed by atoms with Crippen LogP contribution in [0.25, 0.3) is 0 Å². The number of carbonyl (C=O) groups is 1. The summed E-state index contributed by atoms with van der Waals surface area (Å²) in [4.78, 5) is 10.4. The lowest BCUT2D eigenvalue weighted by Crippen LogP contribution is -2.08. The maximum Gasteiger partial charge on any atom is 0.327 e. The number of hydrogen-bond donors (Lipinski definition) is 3. The van der Waals surface area contributed by atoms with E-state index in [0.717, 1.165) is 9.65 Å². The Bertz CT molecular complexity index is 442. The van der Waals surface area contributed by atoms with Gasteiger partial charge >= 0.3 is 5.97 Å². The fourth-order valence-electron chi connectivity index (χ4n) is 1.38. The molecule has 0 amide bonds. The van der Waals surface area contributed by atoms with Gasteiger partial charge in [0.05, 0.1) is 6.10 Å². The second-order valence-corrected chi connectivity index (χ2v) is 4.95. The van der Waals surface area contributed by atoms with Gasteiger partial charge in [-0.15, -0.1) is 0 Å². The SMILES string of the molecule is C[C@H](/C=C/C(=O)O)[C@H](O)c1cc(I)ccc1O. The highest BCUT2D eigenvalue weighted by Gasteiger charge is 2.18. The highest BCUT2D eigenvalue weighted by Crippen LogP contribution is 2.31. The summed E-state index contributed by atoms with van der Waals surface area (Å²) >= 11 is 2.08. The number of benzene rings is 1. The molecule has 0 unspecified atom stereocenters. The predicted molar refractivity (Wildman–Crippen MR) is 71.7 cm³/mol. The van der Waals surface area contributed by atoms with E-state index < -0.39 is 18.0 Å². The second-order valence-electron chi connectivity index (χ2n) is 3.70. The molecule has 0 aliphatic heterocycles. The van der Waals surface area contributed by atoms with Crippen molar-refractivity contribution in [3.8, 4) is 5.75 Å². The summed E-state index contributed by atoms with van der Waals surface area (Å²) in [6, 6.07) is 4.91. The minimum Gasteiger partial charge on any atom is -0.508 e. The quantitative estimate of drug-likeness (QED) is 0.577. The Labute approximate surface area is 113 Å². The van der Waals surface area contributed by atoms with Gasteiger partial charge in [0.25, 0.3) is 0 Å². The third-order valence-corrected chi connectivity index (χ3v) is 3.02.